The van der Waals surface area contributed by atoms with Gasteiger partial charge in [-0.3, -0.25) is 14.9 Å². The molecule has 138 valence electrons. The van der Waals surface area contributed by atoms with Crippen LogP contribution in [0.4, 0.5) is 0 Å². The van der Waals surface area contributed by atoms with E-state index in [0.717, 1.165) is 27.8 Å². The standard InChI is InChI=1S/C22H18N4OS/c27-21(14-28-22-24-15-25-26-22)12-16-4-6-17(7-5-16)19-2-1-3-20(13-19)18-8-10-23-11-9-18/h1-11,13,15H,12,14H2,(H,24,25,26). The summed E-state index contributed by atoms with van der Waals surface area (Å²) >= 11 is 1.37. The smallest absolute Gasteiger partial charge is 0.183 e. The molecule has 0 saturated heterocycles. The number of benzene rings is 2. The first kappa shape index (κ1) is 18.1. The molecule has 0 spiro atoms. The molecule has 0 aliphatic heterocycles. The van der Waals surface area contributed by atoms with Crippen LogP contribution in [-0.4, -0.2) is 31.7 Å². The summed E-state index contributed by atoms with van der Waals surface area (Å²) in [4.78, 5) is 20.3. The van der Waals surface area contributed by atoms with E-state index in [2.05, 4.69) is 56.6 Å². The summed E-state index contributed by atoms with van der Waals surface area (Å²) in [5.41, 5.74) is 5.58. The number of Topliss-reactive ketones (excluding diaryl/α,β-unsaturated/α-hetero) is 1. The monoisotopic (exact) mass is 386 g/mol. The molecule has 0 amide bonds. The molecule has 6 heteroatoms. The van der Waals surface area contributed by atoms with Crippen LogP contribution in [0.1, 0.15) is 5.56 Å². The Morgan fingerprint density at radius 1 is 0.893 bits per heavy atom. The Morgan fingerprint density at radius 2 is 1.61 bits per heavy atom. The Hall–Kier alpha value is -3.25. The van der Waals surface area contributed by atoms with Crippen molar-refractivity contribution in [3.05, 3.63) is 84.9 Å². The van der Waals surface area contributed by atoms with E-state index in [1.807, 2.05) is 24.3 Å². The molecule has 5 nitrogen and oxygen atoms in total. The van der Waals surface area contributed by atoms with Gasteiger partial charge in [0.05, 0.1) is 5.75 Å². The van der Waals surface area contributed by atoms with Crippen molar-refractivity contribution in [3.8, 4) is 22.3 Å². The summed E-state index contributed by atoms with van der Waals surface area (Å²) < 4.78 is 0. The molecule has 0 aliphatic rings. The van der Waals surface area contributed by atoms with Crippen molar-refractivity contribution in [2.45, 2.75) is 11.6 Å². The fourth-order valence-electron chi connectivity index (χ4n) is 2.93. The maximum atomic E-state index is 12.2. The molecule has 0 aliphatic carbocycles. The third kappa shape index (κ3) is 4.53. The SMILES string of the molecule is O=C(CSc1ncn[nH]1)Cc1ccc(-c2cccc(-c3ccncc3)c2)cc1. The van der Waals surface area contributed by atoms with Crippen LogP contribution in [0.2, 0.25) is 0 Å². The zero-order valence-corrected chi connectivity index (χ0v) is 15.9. The van der Waals surface area contributed by atoms with Crippen LogP contribution in [0, 0.1) is 0 Å². The second-order valence-corrected chi connectivity index (χ2v) is 7.27. The summed E-state index contributed by atoms with van der Waals surface area (Å²) in [7, 11) is 0. The van der Waals surface area contributed by atoms with Gasteiger partial charge < -0.3 is 0 Å². The Kier molecular flexibility index (Phi) is 5.58. The maximum absolute atomic E-state index is 12.2. The van der Waals surface area contributed by atoms with Crippen LogP contribution in [0.5, 0.6) is 0 Å². The Morgan fingerprint density at radius 3 is 2.29 bits per heavy atom. The predicted octanol–water partition coefficient (Wildman–Crippen LogP) is 4.44. The molecule has 28 heavy (non-hydrogen) atoms. The molecule has 0 unspecified atom stereocenters. The van der Waals surface area contributed by atoms with E-state index in [4.69, 9.17) is 0 Å². The Balaban J connectivity index is 1.42. The van der Waals surface area contributed by atoms with Crippen molar-refractivity contribution in [3.63, 3.8) is 0 Å². The van der Waals surface area contributed by atoms with Crippen LogP contribution in [0.15, 0.2) is 84.5 Å². The van der Waals surface area contributed by atoms with Crippen molar-refractivity contribution in [1.82, 2.24) is 20.2 Å². The topological polar surface area (TPSA) is 71.5 Å². The lowest BCUT2D eigenvalue weighted by atomic mass is 9.98. The minimum absolute atomic E-state index is 0.161. The summed E-state index contributed by atoms with van der Waals surface area (Å²) in [6, 6.07) is 20.6. The Labute approximate surface area is 167 Å². The van der Waals surface area contributed by atoms with E-state index in [1.165, 1.54) is 18.1 Å². The van der Waals surface area contributed by atoms with Crippen LogP contribution in [-0.2, 0) is 11.2 Å². The van der Waals surface area contributed by atoms with Gasteiger partial charge in [-0.1, -0.05) is 54.2 Å². The molecule has 0 radical (unpaired) electrons. The van der Waals surface area contributed by atoms with Gasteiger partial charge in [-0.25, -0.2) is 4.98 Å². The van der Waals surface area contributed by atoms with Crippen molar-refractivity contribution in [2.75, 3.05) is 5.75 Å². The number of aromatic nitrogens is 4. The second-order valence-electron chi connectivity index (χ2n) is 6.31. The minimum atomic E-state index is 0.161. The highest BCUT2D eigenvalue weighted by molar-refractivity contribution is 7.99. The van der Waals surface area contributed by atoms with E-state index >= 15 is 0 Å². The number of ketones is 1. The molecular formula is C22H18N4OS. The largest absolute Gasteiger partial charge is 0.298 e. The number of H-pyrrole nitrogens is 1. The lowest BCUT2D eigenvalue weighted by Crippen LogP contribution is -2.05. The third-order valence-electron chi connectivity index (χ3n) is 4.33. The minimum Gasteiger partial charge on any atom is -0.298 e. The normalized spacial score (nSPS) is 10.7. The van der Waals surface area contributed by atoms with Crippen molar-refractivity contribution < 1.29 is 4.79 Å². The van der Waals surface area contributed by atoms with E-state index in [1.54, 1.807) is 12.4 Å². The fourth-order valence-corrected chi connectivity index (χ4v) is 3.57. The van der Waals surface area contributed by atoms with Crippen molar-refractivity contribution in [2.24, 2.45) is 0 Å². The van der Waals surface area contributed by atoms with Crippen LogP contribution < -0.4 is 0 Å². The van der Waals surface area contributed by atoms with Gasteiger partial charge in [-0.05, 0) is 46.0 Å². The Bertz CT molecular complexity index is 1050. The fraction of sp³-hybridized carbons (Fsp3) is 0.0909. The van der Waals surface area contributed by atoms with E-state index in [0.29, 0.717) is 17.3 Å². The van der Waals surface area contributed by atoms with Crippen LogP contribution >= 0.6 is 11.8 Å². The number of hydrogen-bond acceptors (Lipinski definition) is 5. The average Bonchev–Trinajstić information content (AvgIpc) is 3.27. The number of carbonyl (C=O) groups excluding carboxylic acids is 1. The van der Waals surface area contributed by atoms with Gasteiger partial charge in [0, 0.05) is 18.8 Å². The molecule has 4 rings (SSSR count). The van der Waals surface area contributed by atoms with Gasteiger partial charge in [-0.15, -0.1) is 0 Å². The molecule has 1 N–H and O–H groups in total. The van der Waals surface area contributed by atoms with Gasteiger partial charge >= 0.3 is 0 Å². The highest BCUT2D eigenvalue weighted by Gasteiger charge is 2.07. The first-order valence-electron chi connectivity index (χ1n) is 8.87. The molecule has 0 fully saturated rings. The highest BCUT2D eigenvalue weighted by atomic mass is 32.2. The molecule has 2 aromatic heterocycles. The number of rotatable bonds is 7. The molecule has 0 saturated carbocycles. The maximum Gasteiger partial charge on any atom is 0.183 e. The summed E-state index contributed by atoms with van der Waals surface area (Å²) in [5, 5.41) is 7.19. The van der Waals surface area contributed by atoms with Gasteiger partial charge in [0.15, 0.2) is 5.16 Å². The van der Waals surface area contributed by atoms with Crippen molar-refractivity contribution in [1.29, 1.82) is 0 Å². The van der Waals surface area contributed by atoms with Gasteiger partial charge in [0.1, 0.15) is 12.1 Å². The molecule has 0 bridgehead atoms. The number of nitrogens with one attached hydrogen (secondary N) is 1. The summed E-state index contributed by atoms with van der Waals surface area (Å²) in [6.07, 6.45) is 5.46. The molecule has 4 aromatic rings. The average molecular weight is 386 g/mol. The quantitative estimate of drug-likeness (QED) is 0.476. The number of thioether (sulfide) groups is 1. The molecule has 2 heterocycles. The highest BCUT2D eigenvalue weighted by Crippen LogP contribution is 2.26. The van der Waals surface area contributed by atoms with Crippen LogP contribution in [0.3, 0.4) is 0 Å². The summed E-state index contributed by atoms with van der Waals surface area (Å²) in [6.45, 7) is 0. The zero-order chi connectivity index (χ0) is 19.2. The number of nitrogens with zero attached hydrogens (tertiary/aromatic N) is 3. The molecule has 2 aromatic carbocycles. The zero-order valence-electron chi connectivity index (χ0n) is 15.1. The van der Waals surface area contributed by atoms with Crippen LogP contribution in [0.25, 0.3) is 22.3 Å². The number of aromatic amines is 1. The number of pyridine rings is 1. The number of hydrogen-bond donors (Lipinski definition) is 1. The molecular weight excluding hydrogens is 368 g/mol. The van der Waals surface area contributed by atoms with E-state index in [9.17, 15) is 4.79 Å². The molecule has 0 atom stereocenters. The lowest BCUT2D eigenvalue weighted by molar-refractivity contribution is -0.116. The first-order chi connectivity index (χ1) is 13.8. The third-order valence-corrected chi connectivity index (χ3v) is 5.26. The predicted molar refractivity (Wildman–Crippen MR) is 111 cm³/mol. The van der Waals surface area contributed by atoms with E-state index < -0.39 is 0 Å². The van der Waals surface area contributed by atoms with E-state index in [-0.39, 0.29) is 5.78 Å². The first-order valence-corrected chi connectivity index (χ1v) is 9.86. The van der Waals surface area contributed by atoms with Gasteiger partial charge in [-0.2, -0.15) is 5.10 Å². The second kappa shape index (κ2) is 8.63. The van der Waals surface area contributed by atoms with Crippen molar-refractivity contribution >= 4 is 17.5 Å². The van der Waals surface area contributed by atoms with Gasteiger partial charge in [0.2, 0.25) is 0 Å². The number of carbonyl (C=O) groups is 1. The van der Waals surface area contributed by atoms with Gasteiger partial charge in [0.25, 0.3) is 0 Å². The lowest BCUT2D eigenvalue weighted by Gasteiger charge is -2.07. The summed E-state index contributed by atoms with van der Waals surface area (Å²) in [5.74, 6) is 0.541.